The number of hydrogen-bond acceptors (Lipinski definition) is 28. The van der Waals surface area contributed by atoms with Crippen LogP contribution in [0.4, 0.5) is 0 Å². The van der Waals surface area contributed by atoms with Crippen molar-refractivity contribution in [3.63, 3.8) is 0 Å². The van der Waals surface area contributed by atoms with Crippen molar-refractivity contribution < 1.29 is 96.8 Å². The molecule has 2 rings (SSSR count). The fourth-order valence-corrected chi connectivity index (χ4v) is 5.60. The van der Waals surface area contributed by atoms with E-state index in [9.17, 15) is 0 Å². The fraction of sp³-hybridized carbons (Fsp3) is 0.875. The Kier molecular flexibility index (Phi) is 58.9. The van der Waals surface area contributed by atoms with E-state index in [1.54, 1.807) is 0 Å². The van der Waals surface area contributed by atoms with Gasteiger partial charge in [0.15, 0.2) is 0 Å². The van der Waals surface area contributed by atoms with Crippen molar-refractivity contribution in [1.82, 2.24) is 21.3 Å². The van der Waals surface area contributed by atoms with Crippen LogP contribution in [-0.4, -0.2) is 103 Å². The maximum absolute atomic E-state index is 8.49. The zero-order valence-corrected chi connectivity index (χ0v) is 42.1. The second-order valence-corrected chi connectivity index (χ2v) is 17.0. The van der Waals surface area contributed by atoms with Gasteiger partial charge in [0.2, 0.25) is 0 Å². The van der Waals surface area contributed by atoms with E-state index in [-0.39, 0.29) is 61.2 Å². The average Bonchev–Trinajstić information content (AvgIpc) is 3.04. The van der Waals surface area contributed by atoms with Gasteiger partial charge in [0.1, 0.15) is 0 Å². The molecule has 0 aliphatic carbocycles. The van der Waals surface area contributed by atoms with Gasteiger partial charge < -0.3 is 67.2 Å². The smallest absolute Gasteiger partial charge is 0.444 e. The molecular formula is C32H66Cl2Co2N12O17. The minimum absolute atomic E-state index is 0. The Bertz CT molecular complexity index is 1120. The standard InChI is InChI=1S/2C16H32N4.2ClHO4.2Co.4HNO2.H2O/c2*1-13-11-15(3,4)19-10-8-18-14(2)12-16(5,6)20-9-7-17-13;2*2-1(3,4)5;;;4*2-1-3;/h2*19-20H,7-12H2,1-6H3;2*(H,2,3,4,5);;;4*(H,2,3);1H2/q;;;;2*+3;;;;;/p-6. The summed E-state index contributed by atoms with van der Waals surface area (Å²) in [5, 5.41) is 50.3. The van der Waals surface area contributed by atoms with Crippen molar-refractivity contribution in [3.8, 4) is 0 Å². The number of rotatable bonds is 0. The molecule has 0 unspecified atom stereocenters. The molecule has 388 valence electrons. The van der Waals surface area contributed by atoms with E-state index < -0.39 is 20.5 Å². The van der Waals surface area contributed by atoms with Gasteiger partial charge in [-0.1, -0.05) is 0 Å². The van der Waals surface area contributed by atoms with E-state index in [4.69, 9.17) is 77.7 Å². The molecular weight excluding hydrogens is 1010 g/mol. The molecule has 0 aromatic heterocycles. The van der Waals surface area contributed by atoms with Crippen molar-refractivity contribution in [2.45, 2.75) is 131 Å². The average molecular weight is 1080 g/mol. The molecule has 29 nitrogen and oxygen atoms in total. The molecule has 0 radical (unpaired) electrons. The van der Waals surface area contributed by atoms with Gasteiger partial charge in [0, 0.05) is 96.9 Å². The van der Waals surface area contributed by atoms with Crippen LogP contribution in [0.15, 0.2) is 41.3 Å². The molecule has 33 heteroatoms. The molecule has 6 N–H and O–H groups in total. The van der Waals surface area contributed by atoms with Gasteiger partial charge in [0.05, 0.1) is 26.2 Å². The summed E-state index contributed by atoms with van der Waals surface area (Å²) < 4.78 is 67.9. The molecule has 0 atom stereocenters. The van der Waals surface area contributed by atoms with E-state index in [1.807, 2.05) is 0 Å². The molecule has 65 heavy (non-hydrogen) atoms. The predicted molar refractivity (Wildman–Crippen MR) is 219 cm³/mol. The first-order valence-electron chi connectivity index (χ1n) is 18.1. The Hall–Kier alpha value is -2.65. The molecule has 2 aliphatic rings. The van der Waals surface area contributed by atoms with Crippen LogP contribution in [0.3, 0.4) is 0 Å². The maximum Gasteiger partial charge on any atom is 3.00 e. The van der Waals surface area contributed by atoms with Crippen molar-refractivity contribution >= 4 is 22.8 Å². The van der Waals surface area contributed by atoms with Crippen LogP contribution in [0.1, 0.15) is 109 Å². The fourth-order valence-electron chi connectivity index (χ4n) is 5.60. The molecule has 0 bridgehead atoms. The van der Waals surface area contributed by atoms with Gasteiger partial charge in [-0.2, -0.15) is 0 Å². The van der Waals surface area contributed by atoms with Gasteiger partial charge in [-0.15, -0.1) is 41.8 Å². The van der Waals surface area contributed by atoms with Crippen LogP contribution in [0.2, 0.25) is 0 Å². The quantitative estimate of drug-likeness (QED) is 0.131. The minimum Gasteiger partial charge on any atom is -0.444 e. The summed E-state index contributed by atoms with van der Waals surface area (Å²) in [4.78, 5) is 50.7. The number of aliphatic imine (C=N–C) groups is 4. The second-order valence-electron chi connectivity index (χ2n) is 15.5. The van der Waals surface area contributed by atoms with Crippen LogP contribution >= 0.6 is 0 Å². The van der Waals surface area contributed by atoms with Gasteiger partial charge >= 0.3 is 33.6 Å². The van der Waals surface area contributed by atoms with Crippen molar-refractivity contribution in [2.24, 2.45) is 41.3 Å². The van der Waals surface area contributed by atoms with Crippen LogP contribution in [0.25, 0.3) is 0 Å². The number of hydrogen-bond donors (Lipinski definition) is 4. The largest absolute Gasteiger partial charge is 3.00 e. The van der Waals surface area contributed by atoms with E-state index in [0.717, 1.165) is 99.4 Å². The van der Waals surface area contributed by atoms with Crippen molar-refractivity contribution in [1.29, 1.82) is 0 Å². The molecule has 0 saturated heterocycles. The van der Waals surface area contributed by atoms with Crippen LogP contribution in [0.5, 0.6) is 0 Å². The van der Waals surface area contributed by atoms with E-state index in [2.05, 4.69) is 124 Å². The summed E-state index contributed by atoms with van der Waals surface area (Å²) in [6, 6.07) is 0. The predicted octanol–water partition coefficient (Wildman–Crippen LogP) is -4.46. The second kappa shape index (κ2) is 46.5. The molecule has 0 saturated carbocycles. The Morgan fingerprint density at radius 2 is 0.508 bits per heavy atom. The third kappa shape index (κ3) is 88.7. The third-order valence-electron chi connectivity index (χ3n) is 7.18. The zero-order valence-electron chi connectivity index (χ0n) is 38.5. The summed E-state index contributed by atoms with van der Waals surface area (Å²) in [5.74, 6) is 0. The normalized spacial score (nSPS) is 18.2. The van der Waals surface area contributed by atoms with Gasteiger partial charge in [0.25, 0.3) is 0 Å². The van der Waals surface area contributed by atoms with Crippen LogP contribution in [-0.2, 0) is 33.6 Å². The molecule has 2 aliphatic heterocycles. The molecule has 0 amide bonds. The molecule has 2 heterocycles. The Labute approximate surface area is 404 Å². The summed E-state index contributed by atoms with van der Waals surface area (Å²) in [6.07, 6.45) is 3.94. The summed E-state index contributed by atoms with van der Waals surface area (Å²) in [5.41, 5.74) is 5.25. The zero-order chi connectivity index (χ0) is 50.3. The summed E-state index contributed by atoms with van der Waals surface area (Å²) in [7, 11) is -9.89. The maximum atomic E-state index is 8.49. The minimum atomic E-state index is -4.94. The monoisotopic (exact) mass is 1080 g/mol. The van der Waals surface area contributed by atoms with Gasteiger partial charge in [-0.05, 0) is 83.1 Å². The Morgan fingerprint density at radius 3 is 0.615 bits per heavy atom. The van der Waals surface area contributed by atoms with E-state index in [1.165, 1.54) is 22.8 Å². The van der Waals surface area contributed by atoms with Crippen molar-refractivity contribution in [3.05, 3.63) is 40.5 Å². The van der Waals surface area contributed by atoms with Gasteiger partial charge in [-0.25, -0.2) is 37.3 Å². The van der Waals surface area contributed by atoms with Crippen molar-refractivity contribution in [2.75, 3.05) is 52.4 Å². The first-order valence-corrected chi connectivity index (χ1v) is 20.6. The first kappa shape index (κ1) is 82.5. The summed E-state index contributed by atoms with van der Waals surface area (Å²) in [6.45, 7) is 33.4. The van der Waals surface area contributed by atoms with E-state index in [0.29, 0.717) is 0 Å². The molecule has 0 aromatic carbocycles. The van der Waals surface area contributed by atoms with E-state index >= 15 is 0 Å². The number of nitrogens with one attached hydrogen (secondary N) is 4. The molecule has 0 aromatic rings. The number of halogens is 2. The number of nitrogens with zero attached hydrogens (tertiary/aromatic N) is 8. The Balaban J connectivity index is -0.0000000921. The van der Waals surface area contributed by atoms with Crippen LogP contribution in [0, 0.1) is 60.9 Å². The molecule has 0 spiro atoms. The third-order valence-corrected chi connectivity index (χ3v) is 7.18. The Morgan fingerprint density at radius 1 is 0.400 bits per heavy atom. The summed E-state index contributed by atoms with van der Waals surface area (Å²) >= 11 is 0. The van der Waals surface area contributed by atoms with Gasteiger partial charge in [-0.3, -0.25) is 20.0 Å². The van der Waals surface area contributed by atoms with Crippen LogP contribution < -0.4 is 58.5 Å². The SMILES string of the molecule is CC1=NCCNC(C)(C)CC(C)=NCCNC(C)(C)C1.CC1=NCCNC(C)(C)CC(C)=NCCNC(C)(C)C1.O.O=N[O-].O=N[O-].O=N[O-].O=N[O-].[Co+3].[Co+3].[O-][Cl+3]([O-])([O-])[O-].[O-][Cl+3]([O-])([O-])[O-]. The first-order chi connectivity index (χ1) is 28.1. The topological polar surface area (TPSA) is 524 Å². The molecule has 0 fully saturated rings.